The molecular formula is C19H21N3O3S3. The van der Waals surface area contributed by atoms with Gasteiger partial charge in [0.1, 0.15) is 10.1 Å². The predicted octanol–water partition coefficient (Wildman–Crippen LogP) is 3.81. The third kappa shape index (κ3) is 4.48. The van der Waals surface area contributed by atoms with Crippen LogP contribution < -0.4 is 5.32 Å². The molecule has 2 heterocycles. The molecule has 148 valence electrons. The van der Waals surface area contributed by atoms with Gasteiger partial charge in [0.05, 0.1) is 10.6 Å². The van der Waals surface area contributed by atoms with Crippen LogP contribution in [0.5, 0.6) is 0 Å². The van der Waals surface area contributed by atoms with Crippen LogP contribution in [0.25, 0.3) is 0 Å². The minimum Gasteiger partial charge on any atom is -0.350 e. The number of carbonyl (C=O) groups excluding carboxylic acids is 1. The maximum Gasteiger partial charge on any atom is 0.265 e. The van der Waals surface area contributed by atoms with Gasteiger partial charge < -0.3 is 5.32 Å². The average Bonchev–Trinajstić information content (AvgIpc) is 3.34. The van der Waals surface area contributed by atoms with Crippen LogP contribution in [0, 0.1) is 6.92 Å². The van der Waals surface area contributed by atoms with Crippen molar-refractivity contribution < 1.29 is 13.2 Å². The molecule has 1 atom stereocenters. The van der Waals surface area contributed by atoms with Gasteiger partial charge in [0.25, 0.3) is 5.91 Å². The van der Waals surface area contributed by atoms with Crippen LogP contribution in [0.1, 0.15) is 44.4 Å². The first-order valence-electron chi connectivity index (χ1n) is 8.87. The normalized spacial score (nSPS) is 12.6. The second-order valence-corrected chi connectivity index (χ2v) is 10.2. The number of carbonyl (C=O) groups is 1. The van der Waals surface area contributed by atoms with E-state index in [-0.39, 0.29) is 17.3 Å². The fraction of sp³-hybridized carbons (Fsp3) is 0.316. The topological polar surface area (TPSA) is 89.0 Å². The summed E-state index contributed by atoms with van der Waals surface area (Å²) in [6.07, 6.45) is 1.51. The number of sulfone groups is 1. The molecule has 0 saturated heterocycles. The minimum atomic E-state index is -3.66. The number of thiophene rings is 1. The van der Waals surface area contributed by atoms with Crippen LogP contribution in [0.3, 0.4) is 0 Å². The number of rotatable bonds is 8. The lowest BCUT2D eigenvalue weighted by molar-refractivity contribution is 0.0956. The Bertz CT molecular complexity index is 1030. The summed E-state index contributed by atoms with van der Waals surface area (Å²) < 4.78 is 30.3. The van der Waals surface area contributed by atoms with Crippen molar-refractivity contribution in [2.45, 2.75) is 36.8 Å². The predicted molar refractivity (Wildman–Crippen MR) is 112 cm³/mol. The van der Waals surface area contributed by atoms with Crippen LogP contribution in [0.15, 0.2) is 46.7 Å². The molecule has 1 N–H and O–H groups in total. The Balaban J connectivity index is 1.84. The molecule has 0 radical (unpaired) electrons. The molecule has 0 aliphatic rings. The molecule has 0 saturated carbocycles. The summed E-state index contributed by atoms with van der Waals surface area (Å²) in [6, 6.07) is 10.4. The second-order valence-electron chi connectivity index (χ2n) is 6.37. The number of aromatic nitrogens is 2. The van der Waals surface area contributed by atoms with E-state index in [2.05, 4.69) is 14.9 Å². The van der Waals surface area contributed by atoms with Crippen LogP contribution >= 0.6 is 22.9 Å². The molecule has 6 nitrogen and oxygen atoms in total. The summed E-state index contributed by atoms with van der Waals surface area (Å²) >= 11 is 2.40. The van der Waals surface area contributed by atoms with Crippen molar-refractivity contribution in [3.63, 3.8) is 0 Å². The fourth-order valence-corrected chi connectivity index (χ4v) is 6.19. The van der Waals surface area contributed by atoms with Gasteiger partial charge in [0.2, 0.25) is 0 Å². The van der Waals surface area contributed by atoms with Gasteiger partial charge in [-0.1, -0.05) is 41.6 Å². The van der Waals surface area contributed by atoms with Crippen molar-refractivity contribution in [2.24, 2.45) is 0 Å². The highest BCUT2D eigenvalue weighted by Crippen LogP contribution is 2.31. The van der Waals surface area contributed by atoms with Crippen LogP contribution in [0.2, 0.25) is 0 Å². The Labute approximate surface area is 172 Å². The van der Waals surface area contributed by atoms with Crippen LogP contribution in [0.4, 0.5) is 0 Å². The van der Waals surface area contributed by atoms with E-state index in [1.807, 2.05) is 25.3 Å². The molecule has 3 rings (SSSR count). The Kier molecular flexibility index (Phi) is 6.58. The van der Waals surface area contributed by atoms with Gasteiger partial charge in [-0.05, 0) is 48.5 Å². The zero-order valence-electron chi connectivity index (χ0n) is 15.6. The standard InChI is InChI=1S/C19H21N3O3S3/c1-3-5-15-18(27-22-21-15)19(23)20-12-17(16-6-4-11-26-16)28(24,25)14-9-7-13(2)8-10-14/h4,6-11,17H,3,5,12H2,1-2H3,(H,20,23)/t17-/m0/s1. The zero-order valence-corrected chi connectivity index (χ0v) is 18.0. The zero-order chi connectivity index (χ0) is 20.1. The molecule has 0 aliphatic carbocycles. The number of aryl methyl sites for hydroxylation is 2. The molecule has 1 amide bonds. The lowest BCUT2D eigenvalue weighted by Gasteiger charge is -2.17. The summed E-state index contributed by atoms with van der Waals surface area (Å²) in [5.41, 5.74) is 1.64. The molecule has 1 aromatic carbocycles. The molecule has 0 fully saturated rings. The number of nitrogens with zero attached hydrogens (tertiary/aromatic N) is 2. The number of benzene rings is 1. The first-order chi connectivity index (χ1) is 13.4. The third-order valence-corrected chi connectivity index (χ3v) is 8.28. The number of nitrogens with one attached hydrogen (secondary N) is 1. The second kappa shape index (κ2) is 8.93. The van der Waals surface area contributed by atoms with Gasteiger partial charge in [0.15, 0.2) is 9.84 Å². The number of hydrogen-bond donors (Lipinski definition) is 1. The highest BCUT2D eigenvalue weighted by atomic mass is 32.2. The van der Waals surface area contributed by atoms with E-state index in [1.165, 1.54) is 11.3 Å². The summed E-state index contributed by atoms with van der Waals surface area (Å²) in [5, 5.41) is 7.76. The fourth-order valence-electron chi connectivity index (χ4n) is 2.78. The lowest BCUT2D eigenvalue weighted by Crippen LogP contribution is -2.31. The molecule has 0 bridgehead atoms. The highest BCUT2D eigenvalue weighted by Gasteiger charge is 2.31. The molecular weight excluding hydrogens is 414 g/mol. The first-order valence-corrected chi connectivity index (χ1v) is 12.1. The summed E-state index contributed by atoms with van der Waals surface area (Å²) in [6.45, 7) is 3.89. The Morgan fingerprint density at radius 2 is 1.96 bits per heavy atom. The van der Waals surface area contributed by atoms with Crippen molar-refractivity contribution in [1.82, 2.24) is 14.9 Å². The van der Waals surface area contributed by atoms with Crippen molar-refractivity contribution >= 4 is 38.6 Å². The SMILES string of the molecule is CCCc1nnsc1C(=O)NC[C@@H](c1cccs1)S(=O)(=O)c1ccc(C)cc1. The summed E-state index contributed by atoms with van der Waals surface area (Å²) in [5.74, 6) is -0.334. The van der Waals surface area contributed by atoms with Gasteiger partial charge >= 0.3 is 0 Å². The van der Waals surface area contributed by atoms with E-state index < -0.39 is 15.1 Å². The Hall–Kier alpha value is -2.10. The largest absolute Gasteiger partial charge is 0.350 e. The average molecular weight is 436 g/mol. The van der Waals surface area contributed by atoms with E-state index in [0.717, 1.165) is 23.5 Å². The highest BCUT2D eigenvalue weighted by molar-refractivity contribution is 7.91. The quantitative estimate of drug-likeness (QED) is 0.581. The van der Waals surface area contributed by atoms with Crippen molar-refractivity contribution in [1.29, 1.82) is 0 Å². The van der Waals surface area contributed by atoms with Gasteiger partial charge in [-0.15, -0.1) is 16.4 Å². The first kappa shape index (κ1) is 20.6. The van der Waals surface area contributed by atoms with E-state index in [4.69, 9.17) is 0 Å². The van der Waals surface area contributed by atoms with Crippen LogP contribution in [-0.4, -0.2) is 30.5 Å². The summed E-state index contributed by atoms with van der Waals surface area (Å²) in [4.78, 5) is 14.0. The van der Waals surface area contributed by atoms with Gasteiger partial charge in [-0.2, -0.15) is 0 Å². The smallest absolute Gasteiger partial charge is 0.265 e. The molecule has 9 heteroatoms. The molecule has 0 spiro atoms. The van der Waals surface area contributed by atoms with E-state index >= 15 is 0 Å². The molecule has 3 aromatic rings. The molecule has 28 heavy (non-hydrogen) atoms. The van der Waals surface area contributed by atoms with Crippen molar-refractivity contribution in [3.05, 3.63) is 62.8 Å². The number of amides is 1. The van der Waals surface area contributed by atoms with Crippen molar-refractivity contribution in [3.8, 4) is 0 Å². The van der Waals surface area contributed by atoms with Gasteiger partial charge in [0, 0.05) is 11.4 Å². The molecule has 2 aromatic heterocycles. The third-order valence-electron chi connectivity index (χ3n) is 4.28. The monoisotopic (exact) mass is 435 g/mol. The van der Waals surface area contributed by atoms with E-state index in [9.17, 15) is 13.2 Å². The minimum absolute atomic E-state index is 0.0149. The van der Waals surface area contributed by atoms with Crippen LogP contribution in [-0.2, 0) is 16.3 Å². The number of hydrogen-bond acceptors (Lipinski definition) is 7. The van der Waals surface area contributed by atoms with E-state index in [1.54, 1.807) is 30.3 Å². The van der Waals surface area contributed by atoms with E-state index in [0.29, 0.717) is 21.9 Å². The maximum atomic E-state index is 13.2. The van der Waals surface area contributed by atoms with Gasteiger partial charge in [-0.3, -0.25) is 4.79 Å². The Morgan fingerprint density at radius 3 is 2.61 bits per heavy atom. The molecule has 0 unspecified atom stereocenters. The van der Waals surface area contributed by atoms with Crippen molar-refractivity contribution in [2.75, 3.05) is 6.54 Å². The molecule has 0 aliphatic heterocycles. The maximum absolute atomic E-state index is 13.2. The summed E-state index contributed by atoms with van der Waals surface area (Å²) in [7, 11) is -3.66. The Morgan fingerprint density at radius 1 is 1.21 bits per heavy atom. The van der Waals surface area contributed by atoms with Gasteiger partial charge in [-0.25, -0.2) is 8.42 Å². The lowest BCUT2D eigenvalue weighted by atomic mass is 10.2.